The molecule has 5 nitrogen and oxygen atoms in total. The SMILES string of the molecule is CC(C=CC(N)=O)(CC#N)NC1COC1. The molecule has 0 aliphatic carbocycles. The molecule has 3 N–H and O–H groups in total. The summed E-state index contributed by atoms with van der Waals surface area (Å²) in [6.45, 7) is 3.14. The van der Waals surface area contributed by atoms with Crippen molar-refractivity contribution in [2.75, 3.05) is 13.2 Å². The molecule has 0 aromatic carbocycles. The molecule has 1 rings (SSSR count). The molecule has 1 aliphatic heterocycles. The third-order valence-corrected chi connectivity index (χ3v) is 2.23. The van der Waals surface area contributed by atoms with Crippen molar-refractivity contribution in [1.82, 2.24) is 5.32 Å². The maximum Gasteiger partial charge on any atom is 0.241 e. The van der Waals surface area contributed by atoms with Gasteiger partial charge in [0, 0.05) is 11.6 Å². The highest BCUT2D eigenvalue weighted by atomic mass is 16.5. The molecule has 15 heavy (non-hydrogen) atoms. The van der Waals surface area contributed by atoms with Gasteiger partial charge in [-0.25, -0.2) is 0 Å². The first-order chi connectivity index (χ1) is 7.06. The largest absolute Gasteiger partial charge is 0.378 e. The Morgan fingerprint density at radius 3 is 2.87 bits per heavy atom. The predicted molar refractivity (Wildman–Crippen MR) is 54.7 cm³/mol. The molecule has 5 heteroatoms. The van der Waals surface area contributed by atoms with Crippen LogP contribution in [-0.4, -0.2) is 30.7 Å². The summed E-state index contributed by atoms with van der Waals surface area (Å²) in [7, 11) is 0. The maximum atomic E-state index is 10.6. The monoisotopic (exact) mass is 209 g/mol. The number of carbonyl (C=O) groups excluding carboxylic acids is 1. The molecule has 1 heterocycles. The van der Waals surface area contributed by atoms with Crippen molar-refractivity contribution in [3.05, 3.63) is 12.2 Å². The van der Waals surface area contributed by atoms with E-state index in [1.165, 1.54) is 6.08 Å². The van der Waals surface area contributed by atoms with E-state index in [4.69, 9.17) is 15.7 Å². The second-order valence-electron chi connectivity index (χ2n) is 3.87. The lowest BCUT2D eigenvalue weighted by Crippen LogP contribution is -2.55. The predicted octanol–water partition coefficient (Wildman–Crippen LogP) is -0.311. The van der Waals surface area contributed by atoms with Gasteiger partial charge in [-0.1, -0.05) is 6.08 Å². The summed E-state index contributed by atoms with van der Waals surface area (Å²) in [5.41, 5.74) is 4.50. The van der Waals surface area contributed by atoms with Crippen LogP contribution in [0.25, 0.3) is 0 Å². The fourth-order valence-corrected chi connectivity index (χ4v) is 1.37. The van der Waals surface area contributed by atoms with E-state index in [2.05, 4.69) is 11.4 Å². The van der Waals surface area contributed by atoms with Crippen LogP contribution in [0, 0.1) is 11.3 Å². The summed E-state index contributed by atoms with van der Waals surface area (Å²) in [5.74, 6) is -0.508. The van der Waals surface area contributed by atoms with Crippen LogP contribution in [0.5, 0.6) is 0 Å². The first-order valence-corrected chi connectivity index (χ1v) is 4.77. The Morgan fingerprint density at radius 2 is 2.47 bits per heavy atom. The van der Waals surface area contributed by atoms with E-state index in [9.17, 15) is 4.79 Å². The van der Waals surface area contributed by atoms with E-state index >= 15 is 0 Å². The number of primary amides is 1. The maximum absolute atomic E-state index is 10.6. The van der Waals surface area contributed by atoms with Crippen molar-refractivity contribution in [2.45, 2.75) is 24.9 Å². The quantitative estimate of drug-likeness (QED) is 0.608. The van der Waals surface area contributed by atoms with Gasteiger partial charge in [0.15, 0.2) is 0 Å². The van der Waals surface area contributed by atoms with E-state index in [-0.39, 0.29) is 12.5 Å². The molecule has 0 saturated carbocycles. The van der Waals surface area contributed by atoms with Gasteiger partial charge in [0.1, 0.15) is 0 Å². The second kappa shape index (κ2) is 4.91. The van der Waals surface area contributed by atoms with Crippen molar-refractivity contribution in [3.63, 3.8) is 0 Å². The minimum atomic E-state index is -0.516. The molecule has 1 unspecified atom stereocenters. The Labute approximate surface area is 88.9 Å². The van der Waals surface area contributed by atoms with Gasteiger partial charge in [-0.3, -0.25) is 4.79 Å². The summed E-state index contributed by atoms with van der Waals surface area (Å²) in [4.78, 5) is 10.6. The summed E-state index contributed by atoms with van der Waals surface area (Å²) < 4.78 is 5.02. The average Bonchev–Trinajstić information content (AvgIpc) is 2.09. The van der Waals surface area contributed by atoms with Gasteiger partial charge >= 0.3 is 0 Å². The molecule has 1 fully saturated rings. The van der Waals surface area contributed by atoms with Crippen LogP contribution in [0.15, 0.2) is 12.2 Å². The fourth-order valence-electron chi connectivity index (χ4n) is 1.37. The van der Waals surface area contributed by atoms with Crippen molar-refractivity contribution < 1.29 is 9.53 Å². The summed E-state index contributed by atoms with van der Waals surface area (Å²) in [6, 6.07) is 2.33. The zero-order chi connectivity index (χ0) is 11.3. The molecule has 0 radical (unpaired) electrons. The minimum absolute atomic E-state index is 0.251. The smallest absolute Gasteiger partial charge is 0.241 e. The van der Waals surface area contributed by atoms with Crippen molar-refractivity contribution >= 4 is 5.91 Å². The van der Waals surface area contributed by atoms with Crippen molar-refractivity contribution in [3.8, 4) is 6.07 Å². The van der Waals surface area contributed by atoms with E-state index in [0.29, 0.717) is 13.2 Å². The van der Waals surface area contributed by atoms with Crippen LogP contribution < -0.4 is 11.1 Å². The summed E-state index contributed by atoms with van der Waals surface area (Å²) in [6.07, 6.45) is 3.20. The standard InChI is InChI=1S/C10H15N3O2/c1-10(4-5-11,3-2-9(12)14)13-8-6-15-7-8/h2-3,8,13H,4,6-7H2,1H3,(H2,12,14). The molecule has 82 valence electrons. The number of hydrogen-bond acceptors (Lipinski definition) is 4. The van der Waals surface area contributed by atoms with Gasteiger partial charge in [0.25, 0.3) is 0 Å². The molecular weight excluding hydrogens is 194 g/mol. The Balaban J connectivity index is 2.59. The second-order valence-corrected chi connectivity index (χ2v) is 3.87. The molecule has 0 spiro atoms. The highest BCUT2D eigenvalue weighted by molar-refractivity contribution is 5.85. The molecule has 1 saturated heterocycles. The van der Waals surface area contributed by atoms with Crippen LogP contribution >= 0.6 is 0 Å². The molecule has 1 atom stereocenters. The van der Waals surface area contributed by atoms with Gasteiger partial charge in [-0.05, 0) is 6.92 Å². The van der Waals surface area contributed by atoms with Crippen LogP contribution in [-0.2, 0) is 9.53 Å². The number of nitrogens with two attached hydrogens (primary N) is 1. The number of hydrogen-bond donors (Lipinski definition) is 2. The Morgan fingerprint density at radius 1 is 1.80 bits per heavy atom. The zero-order valence-corrected chi connectivity index (χ0v) is 8.69. The number of nitrogens with one attached hydrogen (secondary N) is 1. The first-order valence-electron chi connectivity index (χ1n) is 4.77. The number of rotatable bonds is 5. The normalized spacial score (nSPS) is 20.5. The van der Waals surface area contributed by atoms with Crippen LogP contribution in [0.3, 0.4) is 0 Å². The van der Waals surface area contributed by atoms with Crippen LogP contribution in [0.4, 0.5) is 0 Å². The summed E-state index contributed by atoms with van der Waals surface area (Å²) >= 11 is 0. The average molecular weight is 209 g/mol. The molecule has 1 amide bonds. The van der Waals surface area contributed by atoms with Gasteiger partial charge in [0.2, 0.25) is 5.91 Å². The fraction of sp³-hybridized carbons (Fsp3) is 0.600. The van der Waals surface area contributed by atoms with E-state index in [1.54, 1.807) is 6.08 Å². The molecular formula is C10H15N3O2. The van der Waals surface area contributed by atoms with Crippen molar-refractivity contribution in [1.29, 1.82) is 5.26 Å². The minimum Gasteiger partial charge on any atom is -0.378 e. The van der Waals surface area contributed by atoms with Gasteiger partial charge in [0.05, 0.1) is 31.7 Å². The summed E-state index contributed by atoms with van der Waals surface area (Å²) in [5, 5.41) is 11.9. The number of nitriles is 1. The molecule has 1 aliphatic rings. The lowest BCUT2D eigenvalue weighted by atomic mass is 9.96. The van der Waals surface area contributed by atoms with Gasteiger partial charge in [-0.15, -0.1) is 0 Å². The molecule has 0 bridgehead atoms. The molecule has 0 aromatic rings. The zero-order valence-electron chi connectivity index (χ0n) is 8.69. The van der Waals surface area contributed by atoms with Crippen LogP contribution in [0.1, 0.15) is 13.3 Å². The first kappa shape index (κ1) is 11.7. The number of nitrogens with zero attached hydrogens (tertiary/aromatic N) is 1. The highest BCUT2D eigenvalue weighted by Gasteiger charge is 2.28. The third kappa shape index (κ3) is 3.70. The van der Waals surface area contributed by atoms with Gasteiger partial charge in [-0.2, -0.15) is 5.26 Å². The van der Waals surface area contributed by atoms with Crippen molar-refractivity contribution in [2.24, 2.45) is 5.73 Å². The third-order valence-electron chi connectivity index (χ3n) is 2.23. The van der Waals surface area contributed by atoms with E-state index in [0.717, 1.165) is 0 Å². The highest BCUT2D eigenvalue weighted by Crippen LogP contribution is 2.14. The Kier molecular flexibility index (Phi) is 3.83. The Bertz CT molecular complexity index is 304. The number of amides is 1. The lowest BCUT2D eigenvalue weighted by molar-refractivity contribution is -0.113. The Hall–Kier alpha value is -1.38. The van der Waals surface area contributed by atoms with Gasteiger partial charge < -0.3 is 15.8 Å². The number of ether oxygens (including phenoxy) is 1. The topological polar surface area (TPSA) is 88.1 Å². The van der Waals surface area contributed by atoms with E-state index in [1.807, 2.05) is 6.92 Å². The molecule has 0 aromatic heterocycles. The number of carbonyl (C=O) groups is 1. The van der Waals surface area contributed by atoms with Crippen LogP contribution in [0.2, 0.25) is 0 Å². The van der Waals surface area contributed by atoms with E-state index < -0.39 is 11.4 Å². The lowest BCUT2D eigenvalue weighted by Gasteiger charge is -2.35.